The highest BCUT2D eigenvalue weighted by Crippen LogP contribution is 2.53. The molecule has 0 aromatic carbocycles. The van der Waals surface area contributed by atoms with Crippen molar-refractivity contribution in [3.63, 3.8) is 0 Å². The lowest BCUT2D eigenvalue weighted by molar-refractivity contribution is -0.0614. The molecule has 0 atom stereocenters. The van der Waals surface area contributed by atoms with Gasteiger partial charge in [0.05, 0.1) is 5.60 Å². The van der Waals surface area contributed by atoms with E-state index in [9.17, 15) is 5.11 Å². The standard InChI is InChI=1S/C11H21NO/c12-9-8-11(13)6-4-10(5-7-11)2-1-3-10/h13H,1-9,12H2. The van der Waals surface area contributed by atoms with Gasteiger partial charge in [-0.05, 0) is 56.9 Å². The Balaban J connectivity index is 1.87. The summed E-state index contributed by atoms with van der Waals surface area (Å²) in [6.45, 7) is 0.628. The second-order valence-corrected chi connectivity index (χ2v) is 5.12. The van der Waals surface area contributed by atoms with Gasteiger partial charge in [-0.2, -0.15) is 0 Å². The maximum absolute atomic E-state index is 10.1. The highest BCUT2D eigenvalue weighted by molar-refractivity contribution is 4.96. The molecule has 0 bridgehead atoms. The molecular formula is C11H21NO. The van der Waals surface area contributed by atoms with Crippen molar-refractivity contribution < 1.29 is 5.11 Å². The van der Waals surface area contributed by atoms with Crippen molar-refractivity contribution in [3.05, 3.63) is 0 Å². The van der Waals surface area contributed by atoms with Crippen LogP contribution >= 0.6 is 0 Å². The summed E-state index contributed by atoms with van der Waals surface area (Å²) in [7, 11) is 0. The zero-order valence-corrected chi connectivity index (χ0v) is 8.39. The van der Waals surface area contributed by atoms with Gasteiger partial charge in [0, 0.05) is 0 Å². The van der Waals surface area contributed by atoms with E-state index in [1.54, 1.807) is 0 Å². The fourth-order valence-electron chi connectivity index (χ4n) is 2.94. The van der Waals surface area contributed by atoms with Gasteiger partial charge in [0.1, 0.15) is 0 Å². The first kappa shape index (κ1) is 9.47. The van der Waals surface area contributed by atoms with Crippen molar-refractivity contribution in [3.8, 4) is 0 Å². The van der Waals surface area contributed by atoms with Gasteiger partial charge in [-0.1, -0.05) is 6.42 Å². The Morgan fingerprint density at radius 1 is 1.00 bits per heavy atom. The number of hydrogen-bond acceptors (Lipinski definition) is 2. The van der Waals surface area contributed by atoms with Gasteiger partial charge in [-0.25, -0.2) is 0 Å². The SMILES string of the molecule is NCCC1(O)CCC2(CCC2)CC1. The number of hydrogen-bond donors (Lipinski definition) is 2. The van der Waals surface area contributed by atoms with Crippen LogP contribution in [0, 0.1) is 5.41 Å². The van der Waals surface area contributed by atoms with Crippen LogP contribution in [0.2, 0.25) is 0 Å². The van der Waals surface area contributed by atoms with E-state index in [1.807, 2.05) is 0 Å². The Bertz CT molecular complexity index is 177. The Kier molecular flexibility index (Phi) is 2.37. The van der Waals surface area contributed by atoms with Crippen LogP contribution in [0.4, 0.5) is 0 Å². The van der Waals surface area contributed by atoms with Crippen LogP contribution in [0.1, 0.15) is 51.4 Å². The molecule has 0 unspecified atom stereocenters. The number of rotatable bonds is 2. The van der Waals surface area contributed by atoms with Gasteiger partial charge in [0.15, 0.2) is 0 Å². The molecule has 13 heavy (non-hydrogen) atoms. The van der Waals surface area contributed by atoms with Crippen LogP contribution in [-0.2, 0) is 0 Å². The molecule has 2 fully saturated rings. The second kappa shape index (κ2) is 3.25. The molecular weight excluding hydrogens is 162 g/mol. The smallest absolute Gasteiger partial charge is 0.0660 e. The first-order valence-electron chi connectivity index (χ1n) is 5.61. The zero-order valence-electron chi connectivity index (χ0n) is 8.39. The normalized spacial score (nSPS) is 30.0. The zero-order chi connectivity index (χ0) is 9.36. The van der Waals surface area contributed by atoms with Crippen LogP contribution in [0.15, 0.2) is 0 Å². The molecule has 76 valence electrons. The molecule has 0 aliphatic heterocycles. The van der Waals surface area contributed by atoms with Gasteiger partial charge in [0.2, 0.25) is 0 Å². The van der Waals surface area contributed by atoms with Crippen molar-refractivity contribution in [2.45, 2.75) is 57.0 Å². The molecule has 2 aliphatic rings. The van der Waals surface area contributed by atoms with Gasteiger partial charge >= 0.3 is 0 Å². The minimum absolute atomic E-state index is 0.407. The average molecular weight is 183 g/mol. The lowest BCUT2D eigenvalue weighted by Crippen LogP contribution is -2.43. The molecule has 2 heteroatoms. The quantitative estimate of drug-likeness (QED) is 0.686. The first-order chi connectivity index (χ1) is 6.18. The third-order valence-corrected chi connectivity index (χ3v) is 4.27. The van der Waals surface area contributed by atoms with Crippen LogP contribution in [-0.4, -0.2) is 17.3 Å². The highest BCUT2D eigenvalue weighted by Gasteiger charge is 2.44. The highest BCUT2D eigenvalue weighted by atomic mass is 16.3. The fraction of sp³-hybridized carbons (Fsp3) is 1.00. The van der Waals surface area contributed by atoms with Crippen LogP contribution in [0.25, 0.3) is 0 Å². The van der Waals surface area contributed by atoms with E-state index < -0.39 is 5.60 Å². The third kappa shape index (κ3) is 1.75. The van der Waals surface area contributed by atoms with Crippen LogP contribution in [0.3, 0.4) is 0 Å². The second-order valence-electron chi connectivity index (χ2n) is 5.12. The molecule has 0 aromatic heterocycles. The molecule has 2 nitrogen and oxygen atoms in total. The Morgan fingerprint density at radius 3 is 2.00 bits per heavy atom. The predicted molar refractivity (Wildman–Crippen MR) is 53.4 cm³/mol. The van der Waals surface area contributed by atoms with Crippen LogP contribution in [0.5, 0.6) is 0 Å². The molecule has 0 aromatic rings. The summed E-state index contributed by atoms with van der Waals surface area (Å²) >= 11 is 0. The number of aliphatic hydroxyl groups is 1. The minimum Gasteiger partial charge on any atom is -0.390 e. The lowest BCUT2D eigenvalue weighted by atomic mass is 9.58. The van der Waals surface area contributed by atoms with Crippen molar-refractivity contribution in [1.29, 1.82) is 0 Å². The Hall–Kier alpha value is -0.0800. The van der Waals surface area contributed by atoms with Crippen molar-refractivity contribution in [2.24, 2.45) is 11.1 Å². The summed E-state index contributed by atoms with van der Waals surface area (Å²) in [5, 5.41) is 10.1. The summed E-state index contributed by atoms with van der Waals surface area (Å²) in [6.07, 6.45) is 9.48. The van der Waals surface area contributed by atoms with Gasteiger partial charge in [-0.15, -0.1) is 0 Å². The lowest BCUT2D eigenvalue weighted by Gasteiger charge is -2.49. The Morgan fingerprint density at radius 2 is 1.62 bits per heavy atom. The summed E-state index contributed by atoms with van der Waals surface area (Å²) < 4.78 is 0. The topological polar surface area (TPSA) is 46.2 Å². The largest absolute Gasteiger partial charge is 0.390 e. The average Bonchev–Trinajstić information content (AvgIpc) is 2.03. The Labute approximate surface area is 80.5 Å². The van der Waals surface area contributed by atoms with E-state index in [4.69, 9.17) is 5.73 Å². The summed E-state index contributed by atoms with van der Waals surface area (Å²) in [6, 6.07) is 0. The minimum atomic E-state index is -0.407. The summed E-state index contributed by atoms with van der Waals surface area (Å²) in [5.74, 6) is 0. The van der Waals surface area contributed by atoms with Gasteiger partial charge in [-0.3, -0.25) is 0 Å². The maximum atomic E-state index is 10.1. The summed E-state index contributed by atoms with van der Waals surface area (Å²) in [4.78, 5) is 0. The molecule has 0 heterocycles. The molecule has 2 saturated carbocycles. The predicted octanol–water partition coefficient (Wildman–Crippen LogP) is 1.81. The van der Waals surface area contributed by atoms with Crippen LogP contribution < -0.4 is 5.73 Å². The molecule has 2 aliphatic carbocycles. The molecule has 0 amide bonds. The molecule has 0 saturated heterocycles. The number of nitrogens with two attached hydrogens (primary N) is 1. The van der Waals surface area contributed by atoms with E-state index in [-0.39, 0.29) is 0 Å². The van der Waals surface area contributed by atoms with E-state index >= 15 is 0 Å². The van der Waals surface area contributed by atoms with Gasteiger partial charge < -0.3 is 10.8 Å². The van der Waals surface area contributed by atoms with Crippen molar-refractivity contribution in [1.82, 2.24) is 0 Å². The third-order valence-electron chi connectivity index (χ3n) is 4.27. The molecule has 2 rings (SSSR count). The van der Waals surface area contributed by atoms with E-state index in [0.29, 0.717) is 12.0 Å². The first-order valence-corrected chi connectivity index (χ1v) is 5.61. The molecule has 3 N–H and O–H groups in total. The molecule has 1 spiro atoms. The van der Waals surface area contributed by atoms with Crippen molar-refractivity contribution >= 4 is 0 Å². The summed E-state index contributed by atoms with van der Waals surface area (Å²) in [5.41, 5.74) is 5.75. The maximum Gasteiger partial charge on any atom is 0.0660 e. The van der Waals surface area contributed by atoms with E-state index in [1.165, 1.54) is 32.1 Å². The fourth-order valence-corrected chi connectivity index (χ4v) is 2.94. The van der Waals surface area contributed by atoms with Crippen molar-refractivity contribution in [2.75, 3.05) is 6.54 Å². The van der Waals surface area contributed by atoms with E-state index in [2.05, 4.69) is 0 Å². The monoisotopic (exact) mass is 183 g/mol. The molecule has 0 radical (unpaired) electrons. The van der Waals surface area contributed by atoms with Gasteiger partial charge in [0.25, 0.3) is 0 Å². The van der Waals surface area contributed by atoms with E-state index in [0.717, 1.165) is 19.3 Å².